The average molecular weight is 276 g/mol. The van der Waals surface area contributed by atoms with Gasteiger partial charge in [0.05, 0.1) is 12.2 Å². The number of rotatable bonds is 3. The predicted octanol–water partition coefficient (Wildman–Crippen LogP) is 1.73. The topological polar surface area (TPSA) is 79.2 Å². The number of carbonyl (C=O) groups is 1. The van der Waals surface area contributed by atoms with E-state index in [1.165, 1.54) is 11.3 Å². The number of aromatic nitrogens is 3. The van der Waals surface area contributed by atoms with Crippen molar-refractivity contribution in [3.63, 3.8) is 0 Å². The van der Waals surface area contributed by atoms with Gasteiger partial charge in [-0.25, -0.2) is 14.8 Å². The van der Waals surface area contributed by atoms with Crippen molar-refractivity contribution in [1.29, 1.82) is 0 Å². The van der Waals surface area contributed by atoms with Crippen LogP contribution in [-0.4, -0.2) is 32.1 Å². The van der Waals surface area contributed by atoms with Gasteiger partial charge in [0.15, 0.2) is 0 Å². The van der Waals surface area contributed by atoms with E-state index in [1.54, 1.807) is 24.8 Å². The minimum atomic E-state index is -0.829. The molecule has 2 atom stereocenters. The van der Waals surface area contributed by atoms with E-state index in [-0.39, 0.29) is 6.04 Å². The summed E-state index contributed by atoms with van der Waals surface area (Å²) >= 11 is 1.54. The van der Waals surface area contributed by atoms with Crippen LogP contribution in [0.2, 0.25) is 0 Å². The fourth-order valence-corrected chi connectivity index (χ4v) is 3.21. The van der Waals surface area contributed by atoms with Gasteiger partial charge >= 0.3 is 5.97 Å². The van der Waals surface area contributed by atoms with Crippen LogP contribution < -0.4 is 4.90 Å². The number of carboxylic acids is 1. The molecule has 0 aromatic carbocycles. The van der Waals surface area contributed by atoms with Gasteiger partial charge in [-0.15, -0.1) is 11.3 Å². The monoisotopic (exact) mass is 276 g/mol. The number of hydrogen-bond acceptors (Lipinski definition) is 6. The van der Waals surface area contributed by atoms with Crippen molar-refractivity contribution in [3.05, 3.63) is 35.2 Å². The van der Waals surface area contributed by atoms with Crippen LogP contribution in [-0.2, 0) is 4.79 Å². The van der Waals surface area contributed by atoms with Gasteiger partial charge < -0.3 is 10.0 Å². The summed E-state index contributed by atoms with van der Waals surface area (Å²) in [5.74, 6) is -0.239. The molecule has 2 unspecified atom stereocenters. The van der Waals surface area contributed by atoms with E-state index < -0.39 is 12.0 Å². The van der Waals surface area contributed by atoms with E-state index in [0.717, 1.165) is 11.4 Å². The van der Waals surface area contributed by atoms with Gasteiger partial charge in [0.1, 0.15) is 16.9 Å². The SMILES string of the molecule is O=C(O)C1CCC(c2nccs2)N1c1cnccn1. The largest absolute Gasteiger partial charge is 0.480 e. The average Bonchev–Trinajstić information content (AvgIpc) is 3.08. The Hall–Kier alpha value is -2.02. The van der Waals surface area contributed by atoms with Crippen molar-refractivity contribution in [3.8, 4) is 0 Å². The Morgan fingerprint density at radius 3 is 2.84 bits per heavy atom. The van der Waals surface area contributed by atoms with Gasteiger partial charge in [-0.2, -0.15) is 0 Å². The zero-order chi connectivity index (χ0) is 13.2. The summed E-state index contributed by atoms with van der Waals surface area (Å²) in [5.41, 5.74) is 0. The summed E-state index contributed by atoms with van der Waals surface area (Å²) in [5, 5.41) is 12.2. The molecule has 0 saturated carbocycles. The summed E-state index contributed by atoms with van der Waals surface area (Å²) in [7, 11) is 0. The minimum Gasteiger partial charge on any atom is -0.480 e. The standard InChI is InChI=1S/C12H12N4O2S/c17-12(18)9-2-1-8(11-15-5-6-19-11)16(9)10-7-13-3-4-14-10/h3-9H,1-2H2,(H,17,18). The molecule has 0 radical (unpaired) electrons. The van der Waals surface area contributed by atoms with E-state index >= 15 is 0 Å². The van der Waals surface area contributed by atoms with Crippen LogP contribution in [0.25, 0.3) is 0 Å². The molecular formula is C12H12N4O2S. The third kappa shape index (κ3) is 2.17. The molecule has 19 heavy (non-hydrogen) atoms. The van der Waals surface area contributed by atoms with E-state index in [0.29, 0.717) is 12.2 Å². The molecule has 1 N–H and O–H groups in total. The van der Waals surface area contributed by atoms with Crippen molar-refractivity contribution < 1.29 is 9.90 Å². The Morgan fingerprint density at radius 1 is 1.32 bits per heavy atom. The van der Waals surface area contributed by atoms with Crippen LogP contribution in [0.15, 0.2) is 30.2 Å². The molecule has 1 aliphatic rings. The highest BCUT2D eigenvalue weighted by Crippen LogP contribution is 2.39. The molecule has 1 saturated heterocycles. The zero-order valence-electron chi connectivity index (χ0n) is 10.0. The van der Waals surface area contributed by atoms with Gasteiger partial charge in [0.25, 0.3) is 0 Å². The highest BCUT2D eigenvalue weighted by atomic mass is 32.1. The number of hydrogen-bond donors (Lipinski definition) is 1. The number of aliphatic carboxylic acids is 1. The van der Waals surface area contributed by atoms with Crippen molar-refractivity contribution in [2.45, 2.75) is 24.9 Å². The van der Waals surface area contributed by atoms with E-state index in [4.69, 9.17) is 0 Å². The van der Waals surface area contributed by atoms with Crippen molar-refractivity contribution in [1.82, 2.24) is 15.0 Å². The second kappa shape index (κ2) is 4.93. The summed E-state index contributed by atoms with van der Waals surface area (Å²) < 4.78 is 0. The third-order valence-electron chi connectivity index (χ3n) is 3.22. The number of anilines is 1. The van der Waals surface area contributed by atoms with Crippen LogP contribution in [0, 0.1) is 0 Å². The first-order chi connectivity index (χ1) is 9.27. The van der Waals surface area contributed by atoms with E-state index in [9.17, 15) is 9.90 Å². The second-order valence-corrected chi connectivity index (χ2v) is 5.21. The molecule has 2 aromatic rings. The normalized spacial score (nSPS) is 22.6. The Morgan fingerprint density at radius 2 is 2.21 bits per heavy atom. The Bertz CT molecular complexity index is 560. The fourth-order valence-electron chi connectivity index (χ4n) is 2.44. The molecule has 0 bridgehead atoms. The molecule has 1 aliphatic heterocycles. The zero-order valence-corrected chi connectivity index (χ0v) is 10.8. The Kier molecular flexibility index (Phi) is 3.12. The van der Waals surface area contributed by atoms with Crippen molar-refractivity contribution >= 4 is 23.1 Å². The molecule has 2 aromatic heterocycles. The van der Waals surface area contributed by atoms with Crippen molar-refractivity contribution in [2.24, 2.45) is 0 Å². The lowest BCUT2D eigenvalue weighted by atomic mass is 10.2. The molecule has 0 aliphatic carbocycles. The minimum absolute atomic E-state index is 0.0298. The lowest BCUT2D eigenvalue weighted by Gasteiger charge is -2.27. The molecule has 98 valence electrons. The maximum absolute atomic E-state index is 11.4. The predicted molar refractivity (Wildman–Crippen MR) is 70.0 cm³/mol. The molecular weight excluding hydrogens is 264 g/mol. The number of carboxylic acid groups (broad SMARTS) is 1. The van der Waals surface area contributed by atoms with Crippen LogP contribution in [0.1, 0.15) is 23.9 Å². The maximum atomic E-state index is 11.4. The van der Waals surface area contributed by atoms with Gasteiger partial charge in [-0.3, -0.25) is 4.98 Å². The molecule has 1 fully saturated rings. The summed E-state index contributed by atoms with van der Waals surface area (Å²) in [6, 6.07) is -0.594. The molecule has 3 heterocycles. The lowest BCUT2D eigenvalue weighted by Crippen LogP contribution is -2.38. The summed E-state index contributed by atoms with van der Waals surface area (Å²) in [4.78, 5) is 25.8. The molecule has 0 amide bonds. The van der Waals surface area contributed by atoms with Gasteiger partial charge in [0, 0.05) is 24.0 Å². The van der Waals surface area contributed by atoms with E-state index in [2.05, 4.69) is 15.0 Å². The van der Waals surface area contributed by atoms with Gasteiger partial charge in [0.2, 0.25) is 0 Å². The molecule has 6 nitrogen and oxygen atoms in total. The van der Waals surface area contributed by atoms with Crippen LogP contribution in [0.4, 0.5) is 5.82 Å². The maximum Gasteiger partial charge on any atom is 0.326 e. The van der Waals surface area contributed by atoms with E-state index in [1.807, 2.05) is 10.3 Å². The second-order valence-electron chi connectivity index (χ2n) is 4.29. The first kappa shape index (κ1) is 12.0. The quantitative estimate of drug-likeness (QED) is 0.919. The first-order valence-electron chi connectivity index (χ1n) is 5.94. The van der Waals surface area contributed by atoms with Crippen molar-refractivity contribution in [2.75, 3.05) is 4.90 Å². The smallest absolute Gasteiger partial charge is 0.326 e. The Balaban J connectivity index is 1.99. The number of thiazole rings is 1. The molecule has 7 heteroatoms. The Labute approximate surface area is 113 Å². The molecule has 3 rings (SSSR count). The summed E-state index contributed by atoms with van der Waals surface area (Å²) in [6.45, 7) is 0. The highest BCUT2D eigenvalue weighted by molar-refractivity contribution is 7.09. The third-order valence-corrected chi connectivity index (χ3v) is 4.10. The fraction of sp³-hybridized carbons (Fsp3) is 0.333. The molecule has 0 spiro atoms. The number of nitrogens with zero attached hydrogens (tertiary/aromatic N) is 4. The lowest BCUT2D eigenvalue weighted by molar-refractivity contribution is -0.138. The van der Waals surface area contributed by atoms with Gasteiger partial charge in [-0.05, 0) is 12.8 Å². The van der Waals surface area contributed by atoms with Crippen LogP contribution in [0.5, 0.6) is 0 Å². The van der Waals surface area contributed by atoms with Crippen LogP contribution >= 0.6 is 11.3 Å². The van der Waals surface area contributed by atoms with Crippen LogP contribution in [0.3, 0.4) is 0 Å². The van der Waals surface area contributed by atoms with Gasteiger partial charge in [-0.1, -0.05) is 0 Å². The first-order valence-corrected chi connectivity index (χ1v) is 6.82. The highest BCUT2D eigenvalue weighted by Gasteiger charge is 2.40. The summed E-state index contributed by atoms with van der Waals surface area (Å²) in [6.07, 6.45) is 7.85.